The van der Waals surface area contributed by atoms with Gasteiger partial charge in [-0.1, -0.05) is 60.2 Å². The Hall–Kier alpha value is -2.39. The summed E-state index contributed by atoms with van der Waals surface area (Å²) in [5.41, 5.74) is 3.97. The van der Waals surface area contributed by atoms with Gasteiger partial charge in [-0.15, -0.1) is 0 Å². The standard InChI is InChI=1S/C21H23NO2/c1-16(13-17-7-3-2-4-8-17)14-22-12-11-18(15-22)19-9-5-6-10-20(19)21(23)24/h2-10,13,18H,11-12,14-15H2,1H3,(H,23,24)/b16-13+. The van der Waals surface area contributed by atoms with E-state index >= 15 is 0 Å². The highest BCUT2D eigenvalue weighted by Gasteiger charge is 2.26. The molecule has 0 radical (unpaired) electrons. The van der Waals surface area contributed by atoms with Crippen LogP contribution in [-0.4, -0.2) is 35.6 Å². The van der Waals surface area contributed by atoms with E-state index in [1.54, 1.807) is 12.1 Å². The zero-order valence-electron chi connectivity index (χ0n) is 14.0. The molecular weight excluding hydrogens is 298 g/mol. The zero-order chi connectivity index (χ0) is 16.9. The fraction of sp³-hybridized carbons (Fsp3) is 0.286. The van der Waals surface area contributed by atoms with Gasteiger partial charge in [0, 0.05) is 13.1 Å². The molecule has 3 rings (SSSR count). The van der Waals surface area contributed by atoms with E-state index in [0.717, 1.165) is 31.6 Å². The fourth-order valence-corrected chi connectivity index (χ4v) is 3.51. The predicted molar refractivity (Wildman–Crippen MR) is 97.3 cm³/mol. The van der Waals surface area contributed by atoms with Gasteiger partial charge in [0.25, 0.3) is 0 Å². The third-order valence-corrected chi connectivity index (χ3v) is 4.59. The molecular formula is C21H23NO2. The summed E-state index contributed by atoms with van der Waals surface area (Å²) < 4.78 is 0. The maximum atomic E-state index is 11.4. The Balaban J connectivity index is 1.66. The minimum atomic E-state index is -0.829. The quantitative estimate of drug-likeness (QED) is 0.893. The molecule has 0 bridgehead atoms. The molecule has 0 amide bonds. The van der Waals surface area contributed by atoms with Crippen molar-refractivity contribution in [3.63, 3.8) is 0 Å². The Morgan fingerprint density at radius 2 is 1.88 bits per heavy atom. The van der Waals surface area contributed by atoms with Crippen LogP contribution in [0.3, 0.4) is 0 Å². The number of aromatic carboxylic acids is 1. The molecule has 1 atom stereocenters. The van der Waals surface area contributed by atoms with Crippen molar-refractivity contribution in [1.29, 1.82) is 0 Å². The number of carbonyl (C=O) groups is 1. The molecule has 1 unspecified atom stereocenters. The lowest BCUT2D eigenvalue weighted by Crippen LogP contribution is -2.22. The second-order valence-electron chi connectivity index (χ2n) is 6.51. The Morgan fingerprint density at radius 1 is 1.17 bits per heavy atom. The SMILES string of the molecule is C/C(=C\c1ccccc1)CN1CCC(c2ccccc2C(=O)O)C1. The number of carboxylic acid groups (broad SMARTS) is 1. The van der Waals surface area contributed by atoms with Gasteiger partial charge in [-0.05, 0) is 43.0 Å². The summed E-state index contributed by atoms with van der Waals surface area (Å²) in [6, 6.07) is 17.8. The van der Waals surface area contributed by atoms with Crippen LogP contribution in [-0.2, 0) is 0 Å². The van der Waals surface area contributed by atoms with E-state index in [-0.39, 0.29) is 0 Å². The summed E-state index contributed by atoms with van der Waals surface area (Å²) in [4.78, 5) is 13.8. The van der Waals surface area contributed by atoms with Gasteiger partial charge in [0.2, 0.25) is 0 Å². The second kappa shape index (κ2) is 7.45. The van der Waals surface area contributed by atoms with Crippen LogP contribution in [0.1, 0.15) is 40.7 Å². The molecule has 24 heavy (non-hydrogen) atoms. The van der Waals surface area contributed by atoms with Crippen LogP contribution < -0.4 is 0 Å². The van der Waals surface area contributed by atoms with Crippen molar-refractivity contribution in [1.82, 2.24) is 4.90 Å². The van der Waals surface area contributed by atoms with Gasteiger partial charge in [0.05, 0.1) is 5.56 Å². The lowest BCUT2D eigenvalue weighted by molar-refractivity contribution is 0.0695. The molecule has 0 aliphatic carbocycles. The smallest absolute Gasteiger partial charge is 0.335 e. The lowest BCUT2D eigenvalue weighted by Gasteiger charge is -2.17. The number of rotatable bonds is 5. The molecule has 124 valence electrons. The number of hydrogen-bond acceptors (Lipinski definition) is 2. The molecule has 0 saturated carbocycles. The summed E-state index contributed by atoms with van der Waals surface area (Å²) >= 11 is 0. The number of hydrogen-bond donors (Lipinski definition) is 1. The maximum absolute atomic E-state index is 11.4. The number of nitrogens with zero attached hydrogens (tertiary/aromatic N) is 1. The van der Waals surface area contributed by atoms with Crippen molar-refractivity contribution >= 4 is 12.0 Å². The van der Waals surface area contributed by atoms with Crippen LogP contribution in [0.5, 0.6) is 0 Å². The maximum Gasteiger partial charge on any atom is 0.335 e. The highest BCUT2D eigenvalue weighted by atomic mass is 16.4. The summed E-state index contributed by atoms with van der Waals surface area (Å²) in [5.74, 6) is -0.522. The van der Waals surface area contributed by atoms with E-state index in [9.17, 15) is 9.90 Å². The van der Waals surface area contributed by atoms with Gasteiger partial charge in [0.1, 0.15) is 0 Å². The van der Waals surface area contributed by atoms with Gasteiger partial charge in [-0.3, -0.25) is 4.90 Å². The van der Waals surface area contributed by atoms with Gasteiger partial charge in [-0.2, -0.15) is 0 Å². The van der Waals surface area contributed by atoms with Gasteiger partial charge >= 0.3 is 5.97 Å². The average molecular weight is 321 g/mol. The molecule has 0 spiro atoms. The third kappa shape index (κ3) is 3.92. The van der Waals surface area contributed by atoms with E-state index < -0.39 is 5.97 Å². The van der Waals surface area contributed by atoms with Crippen LogP contribution in [0.15, 0.2) is 60.2 Å². The minimum absolute atomic E-state index is 0.307. The van der Waals surface area contributed by atoms with E-state index in [0.29, 0.717) is 11.5 Å². The van der Waals surface area contributed by atoms with Crippen LogP contribution in [0, 0.1) is 0 Å². The molecule has 2 aromatic rings. The van der Waals surface area contributed by atoms with Gasteiger partial charge in [-0.25, -0.2) is 4.79 Å². The Kier molecular flexibility index (Phi) is 5.11. The van der Waals surface area contributed by atoms with E-state index in [2.05, 4.69) is 30.0 Å². The number of benzene rings is 2. The third-order valence-electron chi connectivity index (χ3n) is 4.59. The first-order valence-corrected chi connectivity index (χ1v) is 8.40. The highest BCUT2D eigenvalue weighted by Crippen LogP contribution is 2.30. The van der Waals surface area contributed by atoms with E-state index in [1.807, 2.05) is 30.3 Å². The first kappa shape index (κ1) is 16.5. The summed E-state index contributed by atoms with van der Waals surface area (Å²) in [5, 5.41) is 9.38. The summed E-state index contributed by atoms with van der Waals surface area (Å²) in [6.45, 7) is 5.02. The summed E-state index contributed by atoms with van der Waals surface area (Å²) in [6.07, 6.45) is 3.24. The molecule has 1 N–H and O–H groups in total. The monoisotopic (exact) mass is 321 g/mol. The van der Waals surface area contributed by atoms with Gasteiger partial charge < -0.3 is 5.11 Å². The number of carboxylic acids is 1. The van der Waals surface area contributed by atoms with Crippen molar-refractivity contribution < 1.29 is 9.90 Å². The predicted octanol–water partition coefficient (Wildman–Crippen LogP) is 4.28. The zero-order valence-corrected chi connectivity index (χ0v) is 14.0. The molecule has 1 aliphatic heterocycles. The van der Waals surface area contributed by atoms with Crippen molar-refractivity contribution in [2.24, 2.45) is 0 Å². The largest absolute Gasteiger partial charge is 0.478 e. The van der Waals surface area contributed by atoms with E-state index in [1.165, 1.54) is 11.1 Å². The molecule has 1 aliphatic rings. The molecule has 2 aromatic carbocycles. The minimum Gasteiger partial charge on any atom is -0.478 e. The second-order valence-corrected chi connectivity index (χ2v) is 6.51. The molecule has 1 heterocycles. The first-order chi connectivity index (χ1) is 11.6. The van der Waals surface area contributed by atoms with Crippen molar-refractivity contribution in [2.75, 3.05) is 19.6 Å². The Bertz CT molecular complexity index is 737. The lowest BCUT2D eigenvalue weighted by atomic mass is 9.93. The average Bonchev–Trinajstić information content (AvgIpc) is 3.04. The van der Waals surface area contributed by atoms with Crippen LogP contribution in [0.2, 0.25) is 0 Å². The Morgan fingerprint density at radius 3 is 2.62 bits per heavy atom. The van der Waals surface area contributed by atoms with Crippen molar-refractivity contribution in [3.05, 3.63) is 76.9 Å². The van der Waals surface area contributed by atoms with Crippen molar-refractivity contribution in [3.8, 4) is 0 Å². The summed E-state index contributed by atoms with van der Waals surface area (Å²) in [7, 11) is 0. The van der Waals surface area contributed by atoms with Crippen LogP contribution in [0.4, 0.5) is 0 Å². The molecule has 1 fully saturated rings. The normalized spacial score (nSPS) is 18.7. The van der Waals surface area contributed by atoms with Crippen LogP contribution >= 0.6 is 0 Å². The highest BCUT2D eigenvalue weighted by molar-refractivity contribution is 5.89. The first-order valence-electron chi connectivity index (χ1n) is 8.40. The fourth-order valence-electron chi connectivity index (χ4n) is 3.51. The topological polar surface area (TPSA) is 40.5 Å². The van der Waals surface area contributed by atoms with Crippen LogP contribution in [0.25, 0.3) is 6.08 Å². The van der Waals surface area contributed by atoms with E-state index in [4.69, 9.17) is 0 Å². The Labute approximate surface area is 143 Å². The molecule has 1 saturated heterocycles. The molecule has 0 aromatic heterocycles. The molecule has 3 nitrogen and oxygen atoms in total. The number of likely N-dealkylation sites (tertiary alicyclic amines) is 1. The molecule has 3 heteroatoms. The van der Waals surface area contributed by atoms with Crippen molar-refractivity contribution in [2.45, 2.75) is 19.3 Å². The van der Waals surface area contributed by atoms with Gasteiger partial charge in [0.15, 0.2) is 0 Å².